The maximum absolute atomic E-state index is 12.4. The molecular weight excluding hydrogens is 242 g/mol. The van der Waals surface area contributed by atoms with Gasteiger partial charge in [-0.05, 0) is 30.5 Å². The molecule has 3 amide bonds. The van der Waals surface area contributed by atoms with Gasteiger partial charge in [-0.1, -0.05) is 13.0 Å². The first-order valence-electron chi connectivity index (χ1n) is 6.28. The number of imide groups is 1. The summed E-state index contributed by atoms with van der Waals surface area (Å²) in [5.74, 6) is 0.0192. The zero-order valence-electron chi connectivity index (χ0n) is 10.5. The molecule has 1 aromatic carbocycles. The lowest BCUT2D eigenvalue weighted by atomic mass is 10.0. The lowest BCUT2D eigenvalue weighted by Crippen LogP contribution is -2.33. The SMILES string of the molecule is CC1CCN2C(=O)N(c3cccc(C#N)c3)C(=O)C12. The molecule has 2 aliphatic heterocycles. The van der Waals surface area contributed by atoms with E-state index in [1.165, 1.54) is 4.90 Å². The summed E-state index contributed by atoms with van der Waals surface area (Å²) in [4.78, 5) is 27.5. The largest absolute Gasteiger partial charge is 0.332 e. The number of carbonyl (C=O) groups is 2. The minimum absolute atomic E-state index is 0.176. The third-order valence-corrected chi connectivity index (χ3v) is 3.84. The lowest BCUT2D eigenvalue weighted by Gasteiger charge is -2.15. The number of fused-ring (bicyclic) bond motifs is 1. The number of benzene rings is 1. The molecule has 1 aromatic rings. The van der Waals surface area contributed by atoms with Gasteiger partial charge in [-0.2, -0.15) is 5.26 Å². The molecule has 2 saturated heterocycles. The predicted molar refractivity (Wildman–Crippen MR) is 68.3 cm³/mol. The van der Waals surface area contributed by atoms with Crippen LogP contribution in [0.1, 0.15) is 18.9 Å². The average Bonchev–Trinajstić information content (AvgIpc) is 2.91. The molecule has 0 N–H and O–H groups in total. The molecule has 0 aromatic heterocycles. The van der Waals surface area contributed by atoms with Crippen molar-refractivity contribution in [2.75, 3.05) is 11.4 Å². The van der Waals surface area contributed by atoms with Crippen molar-refractivity contribution in [1.82, 2.24) is 4.90 Å². The molecule has 0 saturated carbocycles. The fourth-order valence-electron chi connectivity index (χ4n) is 2.85. The summed E-state index contributed by atoms with van der Waals surface area (Å²) < 4.78 is 0. The van der Waals surface area contributed by atoms with E-state index in [1.54, 1.807) is 29.2 Å². The Labute approximate surface area is 111 Å². The average molecular weight is 255 g/mol. The molecule has 2 atom stereocenters. The maximum atomic E-state index is 12.4. The second-order valence-corrected chi connectivity index (χ2v) is 5.02. The van der Waals surface area contributed by atoms with E-state index in [4.69, 9.17) is 5.26 Å². The van der Waals surface area contributed by atoms with Crippen LogP contribution in [-0.4, -0.2) is 29.4 Å². The summed E-state index contributed by atoms with van der Waals surface area (Å²) in [7, 11) is 0. The summed E-state index contributed by atoms with van der Waals surface area (Å²) in [6.07, 6.45) is 0.869. The first-order chi connectivity index (χ1) is 9.13. The maximum Gasteiger partial charge on any atom is 0.332 e. The molecule has 5 nitrogen and oxygen atoms in total. The Hall–Kier alpha value is -2.35. The Morgan fingerprint density at radius 2 is 2.16 bits per heavy atom. The fraction of sp³-hybridized carbons (Fsp3) is 0.357. The van der Waals surface area contributed by atoms with E-state index in [0.29, 0.717) is 17.8 Å². The van der Waals surface area contributed by atoms with Crippen LogP contribution in [0.25, 0.3) is 0 Å². The summed E-state index contributed by atoms with van der Waals surface area (Å²) in [6, 6.07) is 8.00. The van der Waals surface area contributed by atoms with Crippen LogP contribution in [0, 0.1) is 17.2 Å². The zero-order valence-corrected chi connectivity index (χ0v) is 10.5. The molecule has 2 heterocycles. The highest BCUT2D eigenvalue weighted by Gasteiger charge is 2.51. The van der Waals surface area contributed by atoms with Crippen molar-refractivity contribution in [2.45, 2.75) is 19.4 Å². The van der Waals surface area contributed by atoms with Gasteiger partial charge in [-0.15, -0.1) is 0 Å². The molecule has 0 bridgehead atoms. The highest BCUT2D eigenvalue weighted by Crippen LogP contribution is 2.34. The topological polar surface area (TPSA) is 64.4 Å². The van der Waals surface area contributed by atoms with Crippen LogP contribution in [0.4, 0.5) is 10.5 Å². The van der Waals surface area contributed by atoms with Crippen LogP contribution in [0.15, 0.2) is 24.3 Å². The van der Waals surface area contributed by atoms with E-state index in [-0.39, 0.29) is 23.9 Å². The molecule has 2 unspecified atom stereocenters. The number of rotatable bonds is 1. The third kappa shape index (κ3) is 1.60. The third-order valence-electron chi connectivity index (χ3n) is 3.84. The van der Waals surface area contributed by atoms with Gasteiger partial charge < -0.3 is 4.90 Å². The smallest absolute Gasteiger partial charge is 0.312 e. The second-order valence-electron chi connectivity index (χ2n) is 5.02. The number of nitrogens with zero attached hydrogens (tertiary/aromatic N) is 3. The van der Waals surface area contributed by atoms with E-state index in [2.05, 4.69) is 0 Å². The van der Waals surface area contributed by atoms with Crippen molar-refractivity contribution < 1.29 is 9.59 Å². The van der Waals surface area contributed by atoms with Gasteiger partial charge in [0.15, 0.2) is 0 Å². The van der Waals surface area contributed by atoms with Crippen molar-refractivity contribution in [3.8, 4) is 6.07 Å². The number of nitriles is 1. The normalized spacial score (nSPS) is 25.7. The number of amides is 3. The molecule has 2 fully saturated rings. The van der Waals surface area contributed by atoms with E-state index in [1.807, 2.05) is 13.0 Å². The molecule has 96 valence electrons. The monoisotopic (exact) mass is 255 g/mol. The highest BCUT2D eigenvalue weighted by molar-refractivity contribution is 6.21. The Bertz CT molecular complexity index is 605. The zero-order chi connectivity index (χ0) is 13.6. The van der Waals surface area contributed by atoms with Gasteiger partial charge in [0, 0.05) is 6.54 Å². The molecule has 0 aliphatic carbocycles. The van der Waals surface area contributed by atoms with E-state index in [0.717, 1.165) is 6.42 Å². The lowest BCUT2D eigenvalue weighted by molar-refractivity contribution is -0.120. The number of anilines is 1. The first-order valence-corrected chi connectivity index (χ1v) is 6.28. The molecular formula is C14H13N3O2. The molecule has 5 heteroatoms. The van der Waals surface area contributed by atoms with E-state index >= 15 is 0 Å². The number of urea groups is 1. The van der Waals surface area contributed by atoms with Crippen LogP contribution >= 0.6 is 0 Å². The van der Waals surface area contributed by atoms with Crippen LogP contribution < -0.4 is 4.90 Å². The highest BCUT2D eigenvalue weighted by atomic mass is 16.2. The van der Waals surface area contributed by atoms with Gasteiger partial charge in [0.25, 0.3) is 5.91 Å². The van der Waals surface area contributed by atoms with Crippen LogP contribution in [-0.2, 0) is 4.79 Å². The summed E-state index contributed by atoms with van der Waals surface area (Å²) in [5.41, 5.74) is 0.925. The van der Waals surface area contributed by atoms with E-state index in [9.17, 15) is 9.59 Å². The van der Waals surface area contributed by atoms with Crippen LogP contribution in [0.5, 0.6) is 0 Å². The fourth-order valence-corrected chi connectivity index (χ4v) is 2.85. The summed E-state index contributed by atoms with van der Waals surface area (Å²) >= 11 is 0. The molecule has 2 aliphatic rings. The minimum atomic E-state index is -0.335. The Kier molecular flexibility index (Phi) is 2.53. The van der Waals surface area contributed by atoms with Crippen molar-refractivity contribution in [3.63, 3.8) is 0 Å². The van der Waals surface area contributed by atoms with Gasteiger partial charge in [0.1, 0.15) is 6.04 Å². The first kappa shape index (κ1) is 11.7. The van der Waals surface area contributed by atoms with E-state index < -0.39 is 0 Å². The quantitative estimate of drug-likeness (QED) is 0.718. The Morgan fingerprint density at radius 3 is 2.84 bits per heavy atom. The Balaban J connectivity index is 2.00. The summed E-state index contributed by atoms with van der Waals surface area (Å²) in [6.45, 7) is 2.62. The van der Waals surface area contributed by atoms with Crippen LogP contribution in [0.2, 0.25) is 0 Å². The summed E-state index contributed by atoms with van der Waals surface area (Å²) in [5, 5.41) is 8.89. The van der Waals surface area contributed by atoms with Gasteiger partial charge in [-0.25, -0.2) is 9.69 Å². The van der Waals surface area contributed by atoms with Crippen molar-refractivity contribution in [1.29, 1.82) is 5.26 Å². The molecule has 0 spiro atoms. The van der Waals surface area contributed by atoms with Gasteiger partial charge >= 0.3 is 6.03 Å². The predicted octanol–water partition coefficient (Wildman–Crippen LogP) is 1.74. The van der Waals surface area contributed by atoms with Crippen LogP contribution in [0.3, 0.4) is 0 Å². The van der Waals surface area contributed by atoms with Crippen molar-refractivity contribution in [2.24, 2.45) is 5.92 Å². The molecule has 0 radical (unpaired) electrons. The standard InChI is InChI=1S/C14H13N3O2/c1-9-5-6-16-12(9)13(18)17(14(16)19)11-4-2-3-10(7-11)8-15/h2-4,7,9,12H,5-6H2,1H3. The second kappa shape index (κ2) is 4.09. The van der Waals surface area contributed by atoms with Gasteiger partial charge in [0.2, 0.25) is 0 Å². The molecule has 3 rings (SSSR count). The number of hydrogen-bond donors (Lipinski definition) is 0. The Morgan fingerprint density at radius 1 is 1.37 bits per heavy atom. The van der Waals surface area contributed by atoms with Crippen molar-refractivity contribution >= 4 is 17.6 Å². The molecule has 19 heavy (non-hydrogen) atoms. The minimum Gasteiger partial charge on any atom is -0.312 e. The number of carbonyl (C=O) groups excluding carboxylic acids is 2. The number of hydrogen-bond acceptors (Lipinski definition) is 3. The van der Waals surface area contributed by atoms with Crippen molar-refractivity contribution in [3.05, 3.63) is 29.8 Å². The van der Waals surface area contributed by atoms with Gasteiger partial charge in [0.05, 0.1) is 17.3 Å². The van der Waals surface area contributed by atoms with Gasteiger partial charge in [-0.3, -0.25) is 4.79 Å².